The highest BCUT2D eigenvalue weighted by Crippen LogP contribution is 2.27. The first-order chi connectivity index (χ1) is 12.0. The molecule has 1 aliphatic rings. The summed E-state index contributed by atoms with van der Waals surface area (Å²) in [5, 5.41) is 0. The Kier molecular flexibility index (Phi) is 5.00. The molecule has 132 valence electrons. The molecule has 0 saturated carbocycles. The van der Waals surface area contributed by atoms with Crippen molar-refractivity contribution in [3.8, 4) is 5.75 Å². The Morgan fingerprint density at radius 3 is 2.36 bits per heavy atom. The van der Waals surface area contributed by atoms with Crippen molar-refractivity contribution in [2.24, 2.45) is 0 Å². The third-order valence-corrected chi connectivity index (χ3v) is 6.03. The minimum absolute atomic E-state index is 0.141. The van der Waals surface area contributed by atoms with E-state index >= 15 is 0 Å². The van der Waals surface area contributed by atoms with Crippen LogP contribution in [0.2, 0.25) is 0 Å². The fourth-order valence-corrected chi connectivity index (χ4v) is 4.33. The molecule has 3 rings (SSSR count). The second-order valence-corrected chi connectivity index (χ2v) is 7.47. The van der Waals surface area contributed by atoms with E-state index in [4.69, 9.17) is 4.74 Å². The average molecular weight is 361 g/mol. The van der Waals surface area contributed by atoms with Gasteiger partial charge >= 0.3 is 0 Å². The van der Waals surface area contributed by atoms with E-state index in [1.54, 1.807) is 47.5 Å². The number of sulfonamides is 1. The average Bonchev–Trinajstić information content (AvgIpc) is 2.68. The van der Waals surface area contributed by atoms with Gasteiger partial charge in [-0.1, -0.05) is 18.2 Å². The summed E-state index contributed by atoms with van der Waals surface area (Å²) in [7, 11) is -2.22. The van der Waals surface area contributed by atoms with Gasteiger partial charge in [0.1, 0.15) is 16.3 Å². The number of methoxy groups -OCH3 is 1. The molecule has 25 heavy (non-hydrogen) atoms. The normalized spacial score (nSPS) is 15.8. The summed E-state index contributed by atoms with van der Waals surface area (Å²) in [6.45, 7) is 1.12. The number of piperazine rings is 1. The van der Waals surface area contributed by atoms with Gasteiger partial charge in [0.2, 0.25) is 10.0 Å². The van der Waals surface area contributed by atoms with Crippen molar-refractivity contribution in [3.05, 3.63) is 54.4 Å². The van der Waals surface area contributed by atoms with E-state index in [1.165, 1.54) is 17.5 Å². The molecule has 1 aromatic carbocycles. The van der Waals surface area contributed by atoms with Gasteiger partial charge in [0.05, 0.1) is 7.11 Å². The smallest absolute Gasteiger partial charge is 0.272 e. The van der Waals surface area contributed by atoms with Crippen LogP contribution in [0.15, 0.2) is 53.6 Å². The summed E-state index contributed by atoms with van der Waals surface area (Å²) in [4.78, 5) is 18.2. The number of nitrogens with zero attached hydrogens (tertiary/aromatic N) is 3. The number of rotatable bonds is 4. The molecule has 8 heteroatoms. The van der Waals surface area contributed by atoms with E-state index < -0.39 is 10.0 Å². The molecule has 0 atom stereocenters. The van der Waals surface area contributed by atoms with Crippen LogP contribution in [0.25, 0.3) is 0 Å². The van der Waals surface area contributed by atoms with E-state index in [2.05, 4.69) is 4.98 Å². The Morgan fingerprint density at radius 1 is 1.04 bits per heavy atom. The second-order valence-electron chi connectivity index (χ2n) is 5.56. The molecule has 1 saturated heterocycles. The Morgan fingerprint density at radius 2 is 1.72 bits per heavy atom. The second kappa shape index (κ2) is 7.20. The maximum atomic E-state index is 12.8. The molecular formula is C17H19N3O4S. The zero-order chi connectivity index (χ0) is 17.9. The van der Waals surface area contributed by atoms with Gasteiger partial charge in [-0.15, -0.1) is 0 Å². The van der Waals surface area contributed by atoms with Gasteiger partial charge in [0.15, 0.2) is 0 Å². The minimum atomic E-state index is -3.66. The summed E-state index contributed by atoms with van der Waals surface area (Å²) in [6, 6.07) is 11.7. The maximum Gasteiger partial charge on any atom is 0.272 e. The van der Waals surface area contributed by atoms with Crippen LogP contribution in [0.1, 0.15) is 10.5 Å². The molecule has 0 radical (unpaired) electrons. The molecule has 0 aliphatic carbocycles. The van der Waals surface area contributed by atoms with Gasteiger partial charge in [-0.25, -0.2) is 8.42 Å². The number of ether oxygens (including phenoxy) is 1. The van der Waals surface area contributed by atoms with Crippen molar-refractivity contribution >= 4 is 15.9 Å². The highest BCUT2D eigenvalue weighted by Gasteiger charge is 2.32. The molecule has 0 N–H and O–H groups in total. The van der Waals surface area contributed by atoms with Crippen molar-refractivity contribution in [1.29, 1.82) is 0 Å². The van der Waals surface area contributed by atoms with Crippen molar-refractivity contribution in [1.82, 2.24) is 14.2 Å². The molecular weight excluding hydrogens is 342 g/mol. The summed E-state index contributed by atoms with van der Waals surface area (Å²) < 4.78 is 32.2. The van der Waals surface area contributed by atoms with E-state index in [9.17, 15) is 13.2 Å². The van der Waals surface area contributed by atoms with Gasteiger partial charge in [-0.2, -0.15) is 4.31 Å². The standard InChI is InChI=1S/C17H19N3O4S/c1-24-15-7-2-3-8-16(15)25(22,23)20-12-10-19(11-13-20)17(21)14-6-4-5-9-18-14/h2-9H,10-13H2,1H3. The maximum absolute atomic E-state index is 12.8. The van der Waals surface area contributed by atoms with Crippen LogP contribution >= 0.6 is 0 Å². The summed E-state index contributed by atoms with van der Waals surface area (Å²) >= 11 is 0. The Balaban J connectivity index is 1.72. The largest absolute Gasteiger partial charge is 0.495 e. The van der Waals surface area contributed by atoms with Crippen molar-refractivity contribution in [2.45, 2.75) is 4.90 Å². The zero-order valence-electron chi connectivity index (χ0n) is 13.8. The minimum Gasteiger partial charge on any atom is -0.495 e. The number of benzene rings is 1. The van der Waals surface area contributed by atoms with E-state index in [0.717, 1.165) is 0 Å². The van der Waals surface area contributed by atoms with E-state index in [0.29, 0.717) is 24.5 Å². The first kappa shape index (κ1) is 17.4. The van der Waals surface area contributed by atoms with Crippen LogP contribution in [0.3, 0.4) is 0 Å². The van der Waals surface area contributed by atoms with Gasteiger partial charge in [0, 0.05) is 32.4 Å². The first-order valence-electron chi connectivity index (χ1n) is 7.87. The lowest BCUT2D eigenvalue weighted by Crippen LogP contribution is -2.50. The number of hydrogen-bond donors (Lipinski definition) is 0. The molecule has 7 nitrogen and oxygen atoms in total. The molecule has 1 amide bonds. The van der Waals surface area contributed by atoms with Crippen LogP contribution in [0.5, 0.6) is 5.75 Å². The van der Waals surface area contributed by atoms with Gasteiger partial charge in [-0.3, -0.25) is 9.78 Å². The zero-order valence-corrected chi connectivity index (χ0v) is 14.6. The van der Waals surface area contributed by atoms with Crippen LogP contribution < -0.4 is 4.74 Å². The highest BCUT2D eigenvalue weighted by atomic mass is 32.2. The van der Waals surface area contributed by atoms with Crippen LogP contribution in [-0.4, -0.2) is 61.8 Å². The molecule has 1 fully saturated rings. The number of para-hydroxylation sites is 1. The number of amides is 1. The van der Waals surface area contributed by atoms with Crippen LogP contribution in [0, 0.1) is 0 Å². The first-order valence-corrected chi connectivity index (χ1v) is 9.31. The van der Waals surface area contributed by atoms with Gasteiger partial charge in [-0.05, 0) is 24.3 Å². The topological polar surface area (TPSA) is 79.8 Å². The van der Waals surface area contributed by atoms with Crippen molar-refractivity contribution < 1.29 is 17.9 Å². The third-order valence-electron chi connectivity index (χ3n) is 4.10. The SMILES string of the molecule is COc1ccccc1S(=O)(=O)N1CCN(C(=O)c2ccccn2)CC1. The number of aromatic nitrogens is 1. The Labute approximate surface area is 146 Å². The third kappa shape index (κ3) is 3.49. The highest BCUT2D eigenvalue weighted by molar-refractivity contribution is 7.89. The number of carbonyl (C=O) groups is 1. The van der Waals surface area contributed by atoms with Crippen molar-refractivity contribution in [2.75, 3.05) is 33.3 Å². The Hall–Kier alpha value is -2.45. The molecule has 0 spiro atoms. The number of carbonyl (C=O) groups excluding carboxylic acids is 1. The molecule has 0 unspecified atom stereocenters. The molecule has 2 heterocycles. The predicted octanol–water partition coefficient (Wildman–Crippen LogP) is 1.24. The number of pyridine rings is 1. The van der Waals surface area contributed by atoms with Crippen LogP contribution in [0.4, 0.5) is 0 Å². The lowest BCUT2D eigenvalue weighted by molar-refractivity contribution is 0.0692. The Bertz CT molecular complexity index is 847. The number of hydrogen-bond acceptors (Lipinski definition) is 5. The lowest BCUT2D eigenvalue weighted by Gasteiger charge is -2.34. The monoisotopic (exact) mass is 361 g/mol. The summed E-state index contributed by atoms with van der Waals surface area (Å²) in [6.07, 6.45) is 1.57. The molecule has 2 aromatic rings. The van der Waals surface area contributed by atoms with Crippen molar-refractivity contribution in [3.63, 3.8) is 0 Å². The molecule has 1 aromatic heterocycles. The lowest BCUT2D eigenvalue weighted by atomic mass is 10.3. The van der Waals surface area contributed by atoms with E-state index in [1.807, 2.05) is 0 Å². The fourth-order valence-electron chi connectivity index (χ4n) is 2.75. The fraction of sp³-hybridized carbons (Fsp3) is 0.294. The van der Waals surface area contributed by atoms with Gasteiger partial charge in [0.25, 0.3) is 5.91 Å². The quantitative estimate of drug-likeness (QED) is 0.818. The van der Waals surface area contributed by atoms with E-state index in [-0.39, 0.29) is 23.9 Å². The summed E-state index contributed by atoms with van der Waals surface area (Å²) in [5.74, 6) is 0.129. The molecule has 1 aliphatic heterocycles. The van der Waals surface area contributed by atoms with Gasteiger partial charge < -0.3 is 9.64 Å². The predicted molar refractivity (Wildman–Crippen MR) is 91.9 cm³/mol. The van der Waals surface area contributed by atoms with Crippen LogP contribution in [-0.2, 0) is 10.0 Å². The molecule has 0 bridgehead atoms. The summed E-state index contributed by atoms with van der Waals surface area (Å²) in [5.41, 5.74) is 0.364.